The SMILES string of the molecule is O=S(=O)(Nc1cc(S(=O)(=O)N2CCCCC2)ccc1O)c1ccc2c(c1)OCCCO2. The lowest BCUT2D eigenvalue weighted by Gasteiger charge is -2.26. The minimum atomic E-state index is -4.12. The molecule has 0 aliphatic carbocycles. The molecule has 2 heterocycles. The summed E-state index contributed by atoms with van der Waals surface area (Å²) in [7, 11) is -7.91. The lowest BCUT2D eigenvalue weighted by Crippen LogP contribution is -2.35. The molecule has 4 rings (SSSR count). The lowest BCUT2D eigenvalue weighted by molar-refractivity contribution is 0.297. The summed E-state index contributed by atoms with van der Waals surface area (Å²) in [4.78, 5) is -0.177. The first-order valence-electron chi connectivity index (χ1n) is 10.0. The van der Waals surface area contributed by atoms with Gasteiger partial charge >= 0.3 is 0 Å². The van der Waals surface area contributed by atoms with Crippen molar-refractivity contribution in [3.05, 3.63) is 36.4 Å². The second kappa shape index (κ2) is 8.56. The van der Waals surface area contributed by atoms with E-state index in [1.165, 1.54) is 34.6 Å². The third-order valence-electron chi connectivity index (χ3n) is 5.19. The Morgan fingerprint density at radius 1 is 0.806 bits per heavy atom. The molecule has 0 amide bonds. The number of fused-ring (bicyclic) bond motifs is 1. The predicted octanol–water partition coefficient (Wildman–Crippen LogP) is 2.53. The van der Waals surface area contributed by atoms with Crippen LogP contribution in [0, 0.1) is 0 Å². The average Bonchev–Trinajstić information content (AvgIpc) is 3.00. The van der Waals surface area contributed by atoms with Crippen molar-refractivity contribution in [3.8, 4) is 17.2 Å². The summed E-state index contributed by atoms with van der Waals surface area (Å²) in [6.45, 7) is 1.72. The molecule has 11 heteroatoms. The minimum Gasteiger partial charge on any atom is -0.506 e. The number of nitrogens with one attached hydrogen (secondary N) is 1. The van der Waals surface area contributed by atoms with Gasteiger partial charge in [0.1, 0.15) is 5.75 Å². The van der Waals surface area contributed by atoms with Crippen molar-refractivity contribution in [2.75, 3.05) is 31.0 Å². The molecule has 2 aliphatic heterocycles. The molecule has 2 aliphatic rings. The summed E-state index contributed by atoms with van der Waals surface area (Å²) in [6.07, 6.45) is 3.21. The average molecular weight is 469 g/mol. The van der Waals surface area contributed by atoms with Gasteiger partial charge in [0.15, 0.2) is 11.5 Å². The molecule has 168 valence electrons. The van der Waals surface area contributed by atoms with Crippen molar-refractivity contribution < 1.29 is 31.4 Å². The van der Waals surface area contributed by atoms with Crippen LogP contribution in [0.15, 0.2) is 46.2 Å². The van der Waals surface area contributed by atoms with Gasteiger partial charge in [-0.15, -0.1) is 0 Å². The van der Waals surface area contributed by atoms with Crippen molar-refractivity contribution in [1.29, 1.82) is 0 Å². The van der Waals surface area contributed by atoms with Gasteiger partial charge in [-0.3, -0.25) is 4.72 Å². The maximum Gasteiger partial charge on any atom is 0.262 e. The summed E-state index contributed by atoms with van der Waals surface area (Å²) >= 11 is 0. The van der Waals surface area contributed by atoms with Gasteiger partial charge in [0.2, 0.25) is 10.0 Å². The first-order valence-corrected chi connectivity index (χ1v) is 13.0. The zero-order chi connectivity index (χ0) is 22.1. The quantitative estimate of drug-likeness (QED) is 0.647. The molecule has 2 aromatic rings. The van der Waals surface area contributed by atoms with Crippen molar-refractivity contribution in [3.63, 3.8) is 0 Å². The smallest absolute Gasteiger partial charge is 0.262 e. The van der Waals surface area contributed by atoms with E-state index < -0.39 is 20.0 Å². The van der Waals surface area contributed by atoms with Crippen LogP contribution < -0.4 is 14.2 Å². The van der Waals surface area contributed by atoms with Crippen LogP contribution in [0.4, 0.5) is 5.69 Å². The number of phenolic OH excluding ortho intramolecular Hbond substituents is 1. The van der Waals surface area contributed by atoms with Crippen molar-refractivity contribution in [2.45, 2.75) is 35.5 Å². The monoisotopic (exact) mass is 468 g/mol. The van der Waals surface area contributed by atoms with E-state index in [2.05, 4.69) is 4.72 Å². The van der Waals surface area contributed by atoms with Gasteiger partial charge in [-0.2, -0.15) is 4.31 Å². The summed E-state index contributed by atoms with van der Waals surface area (Å²) in [5, 5.41) is 10.2. The normalized spacial score (nSPS) is 17.7. The third-order valence-corrected chi connectivity index (χ3v) is 8.45. The van der Waals surface area contributed by atoms with Crippen LogP contribution in [0.3, 0.4) is 0 Å². The highest BCUT2D eigenvalue weighted by atomic mass is 32.2. The Morgan fingerprint density at radius 3 is 2.23 bits per heavy atom. The molecule has 0 saturated carbocycles. The molecule has 2 aromatic carbocycles. The number of nitrogens with zero attached hydrogens (tertiary/aromatic N) is 1. The molecule has 31 heavy (non-hydrogen) atoms. The first kappa shape index (κ1) is 21.7. The fourth-order valence-electron chi connectivity index (χ4n) is 3.53. The molecule has 0 bridgehead atoms. The standard InChI is InChI=1S/C20H24N2O7S2/c23-18-7-5-16(31(26,27)22-9-2-1-3-10-22)13-17(18)21-30(24,25)15-6-8-19-20(14-15)29-12-4-11-28-19/h5-8,13-14,21,23H,1-4,9-12H2. The topological polar surface area (TPSA) is 122 Å². The highest BCUT2D eigenvalue weighted by Crippen LogP contribution is 2.34. The van der Waals surface area contributed by atoms with Crippen LogP contribution in [0.25, 0.3) is 0 Å². The van der Waals surface area contributed by atoms with E-state index in [9.17, 15) is 21.9 Å². The number of benzene rings is 2. The number of anilines is 1. The number of aromatic hydroxyl groups is 1. The molecule has 1 saturated heterocycles. The Hall–Kier alpha value is -2.50. The van der Waals surface area contributed by atoms with E-state index in [0.717, 1.165) is 25.3 Å². The zero-order valence-corrected chi connectivity index (χ0v) is 18.4. The van der Waals surface area contributed by atoms with Gasteiger partial charge in [0.25, 0.3) is 10.0 Å². The number of hydrogen-bond donors (Lipinski definition) is 2. The molecule has 1 fully saturated rings. The Labute approximate surface area is 181 Å². The van der Waals surface area contributed by atoms with Gasteiger partial charge in [-0.25, -0.2) is 16.8 Å². The fraction of sp³-hybridized carbons (Fsp3) is 0.400. The number of rotatable bonds is 5. The molecular formula is C20H24N2O7S2. The van der Waals surface area contributed by atoms with Crippen LogP contribution in [0.1, 0.15) is 25.7 Å². The van der Waals surface area contributed by atoms with E-state index in [1.807, 2.05) is 0 Å². The Kier molecular flexibility index (Phi) is 6.00. The van der Waals surface area contributed by atoms with Crippen LogP contribution in [0.5, 0.6) is 17.2 Å². The highest BCUT2D eigenvalue weighted by molar-refractivity contribution is 7.92. The maximum atomic E-state index is 12.9. The van der Waals surface area contributed by atoms with Crippen LogP contribution in [0.2, 0.25) is 0 Å². The zero-order valence-electron chi connectivity index (χ0n) is 16.8. The Balaban J connectivity index is 1.63. The summed E-state index contributed by atoms with van der Waals surface area (Å²) in [5.74, 6) is 0.385. The van der Waals surface area contributed by atoms with Gasteiger partial charge in [0.05, 0.1) is 28.7 Å². The van der Waals surface area contributed by atoms with Gasteiger partial charge in [-0.05, 0) is 43.2 Å². The summed E-state index contributed by atoms with van der Waals surface area (Å²) in [6, 6.07) is 7.79. The van der Waals surface area contributed by atoms with Crippen LogP contribution in [-0.2, 0) is 20.0 Å². The fourth-order valence-corrected chi connectivity index (χ4v) is 6.15. The van der Waals surface area contributed by atoms with E-state index in [0.29, 0.717) is 44.2 Å². The highest BCUT2D eigenvalue weighted by Gasteiger charge is 2.27. The maximum absolute atomic E-state index is 12.9. The largest absolute Gasteiger partial charge is 0.506 e. The number of phenols is 1. The van der Waals surface area contributed by atoms with Crippen molar-refractivity contribution >= 4 is 25.7 Å². The van der Waals surface area contributed by atoms with E-state index >= 15 is 0 Å². The second-order valence-corrected chi connectivity index (χ2v) is 11.0. The number of ether oxygens (including phenoxy) is 2. The molecule has 0 aromatic heterocycles. The molecule has 0 spiro atoms. The van der Waals surface area contributed by atoms with Gasteiger partial charge < -0.3 is 14.6 Å². The summed E-state index contributed by atoms with van der Waals surface area (Å²) < 4.78 is 66.4. The molecule has 0 radical (unpaired) electrons. The predicted molar refractivity (Wildman–Crippen MR) is 114 cm³/mol. The van der Waals surface area contributed by atoms with E-state index in [-0.39, 0.29) is 21.2 Å². The molecule has 9 nitrogen and oxygen atoms in total. The van der Waals surface area contributed by atoms with Crippen LogP contribution >= 0.6 is 0 Å². The van der Waals surface area contributed by atoms with E-state index in [4.69, 9.17) is 9.47 Å². The van der Waals surface area contributed by atoms with Crippen molar-refractivity contribution in [2.24, 2.45) is 0 Å². The Bertz CT molecular complexity index is 1170. The van der Waals surface area contributed by atoms with Crippen LogP contribution in [-0.4, -0.2) is 52.6 Å². The van der Waals surface area contributed by atoms with Crippen molar-refractivity contribution in [1.82, 2.24) is 4.31 Å². The van der Waals surface area contributed by atoms with Gasteiger partial charge in [0, 0.05) is 25.6 Å². The molecule has 0 atom stereocenters. The minimum absolute atomic E-state index is 0.0800. The van der Waals surface area contributed by atoms with E-state index in [1.54, 1.807) is 0 Å². The second-order valence-electron chi connectivity index (χ2n) is 7.41. The first-order chi connectivity index (χ1) is 14.8. The molecular weight excluding hydrogens is 444 g/mol. The van der Waals surface area contributed by atoms with Gasteiger partial charge in [-0.1, -0.05) is 6.42 Å². The number of hydrogen-bond acceptors (Lipinski definition) is 7. The third kappa shape index (κ3) is 4.58. The molecule has 2 N–H and O–H groups in total. The Morgan fingerprint density at radius 2 is 1.48 bits per heavy atom. The number of sulfonamides is 2. The molecule has 0 unspecified atom stereocenters. The lowest BCUT2D eigenvalue weighted by atomic mass is 10.2. The summed E-state index contributed by atoms with van der Waals surface area (Å²) in [5.41, 5.74) is -0.217. The number of piperidine rings is 1.